The van der Waals surface area contributed by atoms with E-state index in [0.717, 1.165) is 44.9 Å². The first kappa shape index (κ1) is 91.3. The summed E-state index contributed by atoms with van der Waals surface area (Å²) in [7, 11) is 0. The molecule has 14 heteroatoms. The highest BCUT2D eigenvalue weighted by Crippen LogP contribution is 2.30. The van der Waals surface area contributed by atoms with E-state index in [1.807, 2.05) is 6.08 Å². The molecule has 2 aliphatic heterocycles. The Labute approximate surface area is 595 Å². The van der Waals surface area contributed by atoms with Crippen LogP contribution in [0.15, 0.2) is 36.5 Å². The standard InChI is InChI=1S/C83H157NO13/c1-3-5-7-9-11-13-15-17-19-21-23-25-27-29-30-31-32-33-34-35-36-37-38-39-40-41-43-45-47-49-51-53-55-57-59-61-63-65-67-75(88)84-71(70-94-82-80(93)78(91)81(74(69-86)96-82)97-83-79(92)77(90)76(89)73(68-85)95-83)72(87)66-64-62-60-58-56-54-52-50-48-46-44-42-28-26-24-22-20-18-16-14-12-10-8-6-4-2/h48,50,56,58,64,66,71-74,76-83,85-87,89-93H,3-47,49,51-55,57,59-63,65,67-70H2,1-2H3,(H,84,88)/b50-48+,58-56+,66-64+. The molecule has 2 rings (SSSR count). The van der Waals surface area contributed by atoms with Crippen molar-refractivity contribution in [3.05, 3.63) is 36.5 Å². The van der Waals surface area contributed by atoms with E-state index in [1.165, 1.54) is 315 Å². The predicted octanol–water partition coefficient (Wildman–Crippen LogP) is 19.2. The summed E-state index contributed by atoms with van der Waals surface area (Å²) in [6, 6.07) is -0.938. The van der Waals surface area contributed by atoms with Crippen molar-refractivity contribution < 1.29 is 64.6 Å². The van der Waals surface area contributed by atoms with Gasteiger partial charge in [-0.15, -0.1) is 0 Å². The Balaban J connectivity index is 1.59. The van der Waals surface area contributed by atoms with Gasteiger partial charge in [-0.3, -0.25) is 4.79 Å². The van der Waals surface area contributed by atoms with Gasteiger partial charge in [0.2, 0.25) is 5.91 Å². The van der Waals surface area contributed by atoms with Gasteiger partial charge in [-0.2, -0.15) is 0 Å². The van der Waals surface area contributed by atoms with Crippen molar-refractivity contribution in [3.8, 4) is 0 Å². The minimum Gasteiger partial charge on any atom is -0.394 e. The number of hydrogen-bond donors (Lipinski definition) is 9. The second-order valence-corrected chi connectivity index (χ2v) is 29.6. The largest absolute Gasteiger partial charge is 0.394 e. The fraction of sp³-hybridized carbons (Fsp3) is 0.916. The van der Waals surface area contributed by atoms with Crippen molar-refractivity contribution in [1.82, 2.24) is 5.32 Å². The molecule has 14 nitrogen and oxygen atoms in total. The maximum Gasteiger partial charge on any atom is 0.220 e. The van der Waals surface area contributed by atoms with Crippen molar-refractivity contribution in [1.29, 1.82) is 0 Å². The normalized spacial score (nSPS) is 22.2. The maximum absolute atomic E-state index is 13.4. The molecule has 0 spiro atoms. The van der Waals surface area contributed by atoms with Crippen LogP contribution in [-0.2, 0) is 23.7 Å². The monoisotopic (exact) mass is 1380 g/mol. The molecular weight excluding hydrogens is 1220 g/mol. The van der Waals surface area contributed by atoms with Crippen LogP contribution in [0.2, 0.25) is 0 Å². The first-order valence-electron chi connectivity index (χ1n) is 41.7. The number of aliphatic hydroxyl groups is 8. The SMILES string of the molecule is CCCCCCCCCCCCCCCCC/C=C/CC/C=C/CC/C=C/C(O)C(COC1OC(CO)C(OC2OC(CO)C(O)C(O)C2O)C(O)C1O)NC(=O)CCCCCCCCCCCCCCCCCCCCCCCCCCCCCCCCCCCCCCCC. The summed E-state index contributed by atoms with van der Waals surface area (Å²) in [6.45, 7) is 2.84. The Morgan fingerprint density at radius 3 is 1.01 bits per heavy atom. The molecule has 2 fully saturated rings. The average Bonchev–Trinajstić information content (AvgIpc) is 0.794. The van der Waals surface area contributed by atoms with Gasteiger partial charge in [0.25, 0.3) is 0 Å². The molecule has 12 atom stereocenters. The number of aliphatic hydroxyl groups excluding tert-OH is 8. The number of carbonyl (C=O) groups excluding carboxylic acids is 1. The summed E-state index contributed by atoms with van der Waals surface area (Å²) >= 11 is 0. The number of ether oxygens (including phenoxy) is 4. The molecule has 1 amide bonds. The quantitative estimate of drug-likeness (QED) is 0.0204. The van der Waals surface area contributed by atoms with Gasteiger partial charge in [-0.25, -0.2) is 0 Å². The van der Waals surface area contributed by atoms with E-state index in [2.05, 4.69) is 43.5 Å². The lowest BCUT2D eigenvalue weighted by Gasteiger charge is -2.46. The Hall–Kier alpha value is -1.79. The molecule has 9 N–H and O–H groups in total. The van der Waals surface area contributed by atoms with Crippen LogP contribution in [-0.4, -0.2) is 140 Å². The zero-order valence-electron chi connectivity index (χ0n) is 62.9. The summed E-state index contributed by atoms with van der Waals surface area (Å²) in [5, 5.41) is 87.6. The van der Waals surface area contributed by atoms with Gasteiger partial charge in [0.1, 0.15) is 48.8 Å². The van der Waals surface area contributed by atoms with E-state index < -0.39 is 86.8 Å². The zero-order valence-corrected chi connectivity index (χ0v) is 62.9. The van der Waals surface area contributed by atoms with E-state index in [0.29, 0.717) is 12.8 Å². The second-order valence-electron chi connectivity index (χ2n) is 29.6. The number of amides is 1. The molecule has 0 aromatic rings. The van der Waals surface area contributed by atoms with E-state index in [4.69, 9.17) is 18.9 Å². The molecule has 2 saturated heterocycles. The summed E-state index contributed by atoms with van der Waals surface area (Å²) in [6.07, 6.45) is 72.6. The molecule has 0 aromatic heterocycles. The van der Waals surface area contributed by atoms with Crippen LogP contribution >= 0.6 is 0 Å². The summed E-state index contributed by atoms with van der Waals surface area (Å²) in [5.41, 5.74) is 0. The molecule has 2 heterocycles. The highest BCUT2D eigenvalue weighted by atomic mass is 16.7. The van der Waals surface area contributed by atoms with Gasteiger partial charge in [0, 0.05) is 6.42 Å². The number of nitrogens with one attached hydrogen (secondary N) is 1. The Kier molecular flexibility index (Phi) is 63.4. The highest BCUT2D eigenvalue weighted by Gasteiger charge is 2.51. The topological polar surface area (TPSA) is 228 Å². The maximum atomic E-state index is 13.4. The number of carbonyl (C=O) groups is 1. The minimum absolute atomic E-state index is 0.245. The third kappa shape index (κ3) is 50.3. The summed E-state index contributed by atoms with van der Waals surface area (Å²) in [4.78, 5) is 13.4. The van der Waals surface area contributed by atoms with Crippen LogP contribution < -0.4 is 5.32 Å². The van der Waals surface area contributed by atoms with E-state index >= 15 is 0 Å². The van der Waals surface area contributed by atoms with Gasteiger partial charge in [0.15, 0.2) is 12.6 Å². The van der Waals surface area contributed by atoms with Gasteiger partial charge in [-0.05, 0) is 44.9 Å². The molecule has 0 aliphatic carbocycles. The third-order valence-corrected chi connectivity index (χ3v) is 20.6. The fourth-order valence-corrected chi connectivity index (χ4v) is 14.0. The number of rotatable bonds is 71. The third-order valence-electron chi connectivity index (χ3n) is 20.6. The number of unbranched alkanes of at least 4 members (excludes halogenated alkanes) is 54. The molecule has 0 saturated carbocycles. The van der Waals surface area contributed by atoms with Crippen molar-refractivity contribution >= 4 is 5.91 Å². The fourth-order valence-electron chi connectivity index (χ4n) is 14.0. The average molecular weight is 1380 g/mol. The molecule has 0 radical (unpaired) electrons. The van der Waals surface area contributed by atoms with Gasteiger partial charge >= 0.3 is 0 Å². The van der Waals surface area contributed by atoms with Crippen LogP contribution in [0.4, 0.5) is 0 Å². The molecule has 2 aliphatic rings. The molecule has 0 bridgehead atoms. The van der Waals surface area contributed by atoms with Crippen LogP contribution in [0.25, 0.3) is 0 Å². The van der Waals surface area contributed by atoms with Crippen molar-refractivity contribution in [3.63, 3.8) is 0 Å². The molecule has 0 aromatic carbocycles. The van der Waals surface area contributed by atoms with Crippen molar-refractivity contribution in [2.45, 2.75) is 466 Å². The zero-order chi connectivity index (χ0) is 70.1. The smallest absolute Gasteiger partial charge is 0.220 e. The van der Waals surface area contributed by atoms with Crippen molar-refractivity contribution in [2.24, 2.45) is 0 Å². The Morgan fingerprint density at radius 2 is 0.660 bits per heavy atom. The number of allylic oxidation sites excluding steroid dienone is 5. The van der Waals surface area contributed by atoms with Crippen LogP contribution in [0.1, 0.15) is 393 Å². The Morgan fingerprint density at radius 1 is 0.361 bits per heavy atom. The highest BCUT2D eigenvalue weighted by molar-refractivity contribution is 5.76. The first-order chi connectivity index (χ1) is 47.6. The molecule has 572 valence electrons. The van der Waals surface area contributed by atoms with Crippen LogP contribution in [0, 0.1) is 0 Å². The van der Waals surface area contributed by atoms with E-state index in [1.54, 1.807) is 6.08 Å². The second kappa shape index (κ2) is 67.4. The van der Waals surface area contributed by atoms with Crippen molar-refractivity contribution in [2.75, 3.05) is 19.8 Å². The minimum atomic E-state index is -1.79. The lowest BCUT2D eigenvalue weighted by Crippen LogP contribution is -2.65. The van der Waals surface area contributed by atoms with Crippen LogP contribution in [0.5, 0.6) is 0 Å². The predicted molar refractivity (Wildman–Crippen MR) is 401 cm³/mol. The molecule has 97 heavy (non-hydrogen) atoms. The lowest BCUT2D eigenvalue weighted by atomic mass is 9.97. The van der Waals surface area contributed by atoms with Gasteiger partial charge < -0.3 is 65.1 Å². The first-order valence-corrected chi connectivity index (χ1v) is 41.7. The summed E-state index contributed by atoms with van der Waals surface area (Å²) < 4.78 is 22.9. The van der Waals surface area contributed by atoms with E-state index in [9.17, 15) is 45.6 Å². The Bertz CT molecular complexity index is 1770. The van der Waals surface area contributed by atoms with Crippen LogP contribution in [0.3, 0.4) is 0 Å². The lowest BCUT2D eigenvalue weighted by molar-refractivity contribution is -0.359. The van der Waals surface area contributed by atoms with Gasteiger partial charge in [0.05, 0.1) is 32.0 Å². The molecule has 12 unspecified atom stereocenters. The molecular formula is C83H157NO13. The van der Waals surface area contributed by atoms with E-state index in [-0.39, 0.29) is 18.9 Å². The van der Waals surface area contributed by atoms with Gasteiger partial charge in [-0.1, -0.05) is 378 Å². The summed E-state index contributed by atoms with van der Waals surface area (Å²) in [5.74, 6) is -0.245. The number of hydrogen-bond acceptors (Lipinski definition) is 13.